The van der Waals surface area contributed by atoms with Crippen molar-refractivity contribution in [3.05, 3.63) is 28.2 Å². The van der Waals surface area contributed by atoms with Crippen LogP contribution >= 0.6 is 22.6 Å². The maximum absolute atomic E-state index is 4.28. The van der Waals surface area contributed by atoms with E-state index in [-0.39, 0.29) is 0 Å². The average molecular weight is 287 g/mol. The molecule has 2 heterocycles. The third-order valence-corrected chi connectivity index (χ3v) is 2.77. The molecule has 1 aromatic heterocycles. The van der Waals surface area contributed by atoms with Crippen LogP contribution in [0.2, 0.25) is 0 Å². The van der Waals surface area contributed by atoms with Crippen LogP contribution in [0.4, 0.5) is 5.82 Å². The van der Waals surface area contributed by atoms with Gasteiger partial charge in [0.1, 0.15) is 12.1 Å². The third kappa shape index (κ3) is 1.99. The molecule has 3 nitrogen and oxygen atoms in total. The summed E-state index contributed by atoms with van der Waals surface area (Å²) in [6.07, 6.45) is 8.96. The average Bonchev–Trinajstić information content (AvgIpc) is 2.20. The molecule has 0 unspecified atom stereocenters. The van der Waals surface area contributed by atoms with E-state index in [1.54, 1.807) is 6.33 Å². The van der Waals surface area contributed by atoms with Gasteiger partial charge >= 0.3 is 0 Å². The molecule has 0 spiro atoms. The van der Waals surface area contributed by atoms with Crippen LogP contribution in [-0.2, 0) is 0 Å². The Labute approximate surface area is 91.0 Å². The maximum atomic E-state index is 4.28. The van der Waals surface area contributed by atoms with Crippen molar-refractivity contribution in [2.75, 3.05) is 18.0 Å². The molecular weight excluding hydrogens is 277 g/mol. The van der Waals surface area contributed by atoms with Gasteiger partial charge in [0.25, 0.3) is 0 Å². The third-order valence-electron chi connectivity index (χ3n) is 2.01. The van der Waals surface area contributed by atoms with Gasteiger partial charge in [-0.1, -0.05) is 12.2 Å². The van der Waals surface area contributed by atoms with Crippen LogP contribution in [0.25, 0.3) is 0 Å². The van der Waals surface area contributed by atoms with E-state index in [0.717, 1.165) is 28.9 Å². The van der Waals surface area contributed by atoms with Crippen molar-refractivity contribution in [2.24, 2.45) is 0 Å². The van der Waals surface area contributed by atoms with E-state index >= 15 is 0 Å². The predicted octanol–water partition coefficient (Wildman–Crippen LogP) is 1.85. The molecule has 1 aliphatic rings. The monoisotopic (exact) mass is 287 g/mol. The first-order valence-corrected chi connectivity index (χ1v) is 5.31. The minimum Gasteiger partial charge on any atom is -0.352 e. The summed E-state index contributed by atoms with van der Waals surface area (Å²) in [4.78, 5) is 10.5. The molecule has 0 aliphatic carbocycles. The summed E-state index contributed by atoms with van der Waals surface area (Å²) in [5, 5.41) is 0. The molecule has 68 valence electrons. The number of hydrogen-bond donors (Lipinski definition) is 0. The van der Waals surface area contributed by atoms with Crippen molar-refractivity contribution < 1.29 is 0 Å². The fourth-order valence-corrected chi connectivity index (χ4v) is 2.01. The van der Waals surface area contributed by atoms with Gasteiger partial charge in [0, 0.05) is 19.3 Å². The highest BCUT2D eigenvalue weighted by Crippen LogP contribution is 2.19. The van der Waals surface area contributed by atoms with Crippen molar-refractivity contribution in [2.45, 2.75) is 6.42 Å². The van der Waals surface area contributed by atoms with E-state index in [0.29, 0.717) is 0 Å². The fraction of sp³-hybridized carbons (Fsp3) is 0.333. The summed E-state index contributed by atoms with van der Waals surface area (Å²) in [5.41, 5.74) is 0. The second kappa shape index (κ2) is 4.04. The number of nitrogens with zero attached hydrogens (tertiary/aromatic N) is 3. The Balaban J connectivity index is 2.24. The predicted molar refractivity (Wildman–Crippen MR) is 60.7 cm³/mol. The van der Waals surface area contributed by atoms with Gasteiger partial charge in [-0.05, 0) is 29.0 Å². The Morgan fingerprint density at radius 1 is 1.38 bits per heavy atom. The highest BCUT2D eigenvalue weighted by Gasteiger charge is 2.11. The van der Waals surface area contributed by atoms with Gasteiger partial charge in [0.2, 0.25) is 0 Å². The van der Waals surface area contributed by atoms with Crippen molar-refractivity contribution in [3.63, 3.8) is 0 Å². The van der Waals surface area contributed by atoms with Crippen molar-refractivity contribution in [1.29, 1.82) is 0 Å². The summed E-state index contributed by atoms with van der Waals surface area (Å²) >= 11 is 2.27. The number of anilines is 1. The maximum Gasteiger partial charge on any atom is 0.145 e. The zero-order valence-corrected chi connectivity index (χ0v) is 9.31. The molecule has 0 saturated heterocycles. The highest BCUT2D eigenvalue weighted by molar-refractivity contribution is 14.1. The van der Waals surface area contributed by atoms with Crippen molar-refractivity contribution in [3.8, 4) is 0 Å². The van der Waals surface area contributed by atoms with Gasteiger partial charge in [-0.25, -0.2) is 9.97 Å². The smallest absolute Gasteiger partial charge is 0.145 e. The zero-order valence-electron chi connectivity index (χ0n) is 7.15. The van der Waals surface area contributed by atoms with Crippen LogP contribution in [0.15, 0.2) is 24.7 Å². The molecule has 2 rings (SSSR count). The minimum absolute atomic E-state index is 0.965. The molecule has 4 heteroatoms. The highest BCUT2D eigenvalue weighted by atomic mass is 127. The van der Waals surface area contributed by atoms with Gasteiger partial charge in [0.05, 0.1) is 3.57 Å². The van der Waals surface area contributed by atoms with Crippen LogP contribution in [0.5, 0.6) is 0 Å². The number of halogens is 1. The van der Waals surface area contributed by atoms with Crippen LogP contribution in [0, 0.1) is 3.57 Å². The largest absolute Gasteiger partial charge is 0.352 e. The molecule has 1 aromatic rings. The quantitative estimate of drug-likeness (QED) is 0.583. The lowest BCUT2D eigenvalue weighted by Crippen LogP contribution is -2.28. The Morgan fingerprint density at radius 3 is 3.00 bits per heavy atom. The topological polar surface area (TPSA) is 29.0 Å². The zero-order chi connectivity index (χ0) is 9.10. The standard InChI is InChI=1S/C9H10IN3/c10-8-6-11-7-12-9(8)13-4-2-1-3-5-13/h1-2,6-7H,3-5H2. The summed E-state index contributed by atoms with van der Waals surface area (Å²) < 4.78 is 1.12. The number of hydrogen-bond acceptors (Lipinski definition) is 3. The van der Waals surface area contributed by atoms with Crippen LogP contribution in [-0.4, -0.2) is 23.1 Å². The molecule has 0 N–H and O–H groups in total. The molecule has 0 aromatic carbocycles. The molecule has 13 heavy (non-hydrogen) atoms. The fourth-order valence-electron chi connectivity index (χ4n) is 1.37. The van der Waals surface area contributed by atoms with E-state index in [4.69, 9.17) is 0 Å². The lowest BCUT2D eigenvalue weighted by Gasteiger charge is -2.24. The Morgan fingerprint density at radius 2 is 2.31 bits per heavy atom. The molecule has 0 bridgehead atoms. The van der Waals surface area contributed by atoms with E-state index in [9.17, 15) is 0 Å². The van der Waals surface area contributed by atoms with E-state index in [1.165, 1.54) is 0 Å². The van der Waals surface area contributed by atoms with Gasteiger partial charge in [-0.3, -0.25) is 0 Å². The van der Waals surface area contributed by atoms with Gasteiger partial charge < -0.3 is 4.90 Å². The summed E-state index contributed by atoms with van der Waals surface area (Å²) in [6, 6.07) is 0. The van der Waals surface area contributed by atoms with Crippen LogP contribution in [0.1, 0.15) is 6.42 Å². The second-order valence-electron chi connectivity index (χ2n) is 2.90. The van der Waals surface area contributed by atoms with Gasteiger partial charge in [0.15, 0.2) is 0 Å². The Bertz CT molecular complexity index is 324. The molecule has 0 amide bonds. The minimum atomic E-state index is 0.965. The van der Waals surface area contributed by atoms with E-state index < -0.39 is 0 Å². The molecular formula is C9H10IN3. The first kappa shape index (κ1) is 8.93. The molecule has 0 fully saturated rings. The lowest BCUT2D eigenvalue weighted by molar-refractivity contribution is 0.799. The summed E-state index contributed by atoms with van der Waals surface area (Å²) in [5.74, 6) is 1.06. The molecule has 0 atom stereocenters. The van der Waals surface area contributed by atoms with Crippen molar-refractivity contribution >= 4 is 28.4 Å². The van der Waals surface area contributed by atoms with Crippen LogP contribution < -0.4 is 4.90 Å². The van der Waals surface area contributed by atoms with Gasteiger partial charge in [-0.15, -0.1) is 0 Å². The first-order valence-electron chi connectivity index (χ1n) is 4.23. The Kier molecular flexibility index (Phi) is 2.77. The molecule has 0 radical (unpaired) electrons. The number of rotatable bonds is 1. The van der Waals surface area contributed by atoms with E-state index in [2.05, 4.69) is 49.6 Å². The first-order chi connectivity index (χ1) is 6.38. The van der Waals surface area contributed by atoms with Gasteiger partial charge in [-0.2, -0.15) is 0 Å². The normalized spacial score (nSPS) is 16.2. The second-order valence-corrected chi connectivity index (χ2v) is 4.06. The van der Waals surface area contributed by atoms with E-state index in [1.807, 2.05) is 6.20 Å². The molecule has 0 saturated carbocycles. The SMILES string of the molecule is Ic1cncnc1N1CC=CCC1. The lowest BCUT2D eigenvalue weighted by atomic mass is 10.2. The number of aromatic nitrogens is 2. The summed E-state index contributed by atoms with van der Waals surface area (Å²) in [7, 11) is 0. The Hall–Kier alpha value is -0.650. The molecule has 1 aliphatic heterocycles. The summed E-state index contributed by atoms with van der Waals surface area (Å²) in [6.45, 7) is 2.02. The van der Waals surface area contributed by atoms with Crippen molar-refractivity contribution in [1.82, 2.24) is 9.97 Å². The van der Waals surface area contributed by atoms with Crippen LogP contribution in [0.3, 0.4) is 0 Å².